The Bertz CT molecular complexity index is 810. The SMILES string of the molecule is COC(=O)CCC/C=C\C[C@@H]1[C@@H](/C=C/[C@@H](O)COc2ccc(Cl)cc2)[C@H](O)C[C@@H]1SC(C)=O. The lowest BCUT2D eigenvalue weighted by atomic mass is 9.90. The molecule has 6 nitrogen and oxygen atoms in total. The molecule has 0 heterocycles. The molecule has 0 bridgehead atoms. The molecule has 0 spiro atoms. The number of hydrogen-bond acceptors (Lipinski definition) is 7. The van der Waals surface area contributed by atoms with Crippen molar-refractivity contribution in [2.45, 2.75) is 56.5 Å². The molecule has 0 unspecified atom stereocenters. The van der Waals surface area contributed by atoms with Crippen LogP contribution in [0.1, 0.15) is 39.0 Å². The van der Waals surface area contributed by atoms with Crippen molar-refractivity contribution in [3.05, 3.63) is 53.6 Å². The Morgan fingerprint density at radius 1 is 1.27 bits per heavy atom. The molecular weight excluding hydrogens is 464 g/mol. The van der Waals surface area contributed by atoms with Crippen LogP contribution in [0.15, 0.2) is 48.6 Å². The smallest absolute Gasteiger partial charge is 0.305 e. The summed E-state index contributed by atoms with van der Waals surface area (Å²) >= 11 is 7.13. The maximum absolute atomic E-state index is 11.7. The van der Waals surface area contributed by atoms with E-state index in [0.717, 1.165) is 6.42 Å². The Kier molecular flexibility index (Phi) is 12.0. The lowest BCUT2D eigenvalue weighted by Gasteiger charge is -2.21. The van der Waals surface area contributed by atoms with Gasteiger partial charge < -0.3 is 19.7 Å². The molecule has 1 aliphatic rings. The predicted octanol–water partition coefficient (Wildman–Crippen LogP) is 4.57. The first kappa shape index (κ1) is 27.4. The van der Waals surface area contributed by atoms with Gasteiger partial charge in [-0.05, 0) is 55.9 Å². The number of carbonyl (C=O) groups is 2. The number of aliphatic hydroxyl groups is 2. The van der Waals surface area contributed by atoms with Crippen molar-refractivity contribution in [2.24, 2.45) is 11.8 Å². The van der Waals surface area contributed by atoms with E-state index in [1.54, 1.807) is 30.3 Å². The van der Waals surface area contributed by atoms with E-state index in [2.05, 4.69) is 10.8 Å². The van der Waals surface area contributed by atoms with E-state index in [9.17, 15) is 19.8 Å². The minimum atomic E-state index is -0.832. The van der Waals surface area contributed by atoms with Crippen molar-refractivity contribution in [2.75, 3.05) is 13.7 Å². The van der Waals surface area contributed by atoms with Crippen molar-refractivity contribution >= 4 is 34.4 Å². The number of methoxy groups -OCH3 is 1. The van der Waals surface area contributed by atoms with Crippen LogP contribution < -0.4 is 4.74 Å². The molecule has 5 atom stereocenters. The zero-order valence-corrected chi connectivity index (χ0v) is 20.6. The maximum Gasteiger partial charge on any atom is 0.305 e. The molecule has 0 radical (unpaired) electrons. The lowest BCUT2D eigenvalue weighted by Crippen LogP contribution is -2.21. The Hall–Kier alpha value is -1.80. The molecule has 1 fully saturated rings. The first-order valence-electron chi connectivity index (χ1n) is 11.1. The summed E-state index contributed by atoms with van der Waals surface area (Å²) in [6.07, 6.45) is 9.24. The van der Waals surface area contributed by atoms with Gasteiger partial charge in [0, 0.05) is 29.5 Å². The van der Waals surface area contributed by atoms with Gasteiger partial charge in [-0.15, -0.1) is 0 Å². The van der Waals surface area contributed by atoms with Crippen LogP contribution in [0.5, 0.6) is 5.75 Å². The molecular formula is C25H33ClO6S. The second-order valence-electron chi connectivity index (χ2n) is 8.08. The number of ether oxygens (including phenoxy) is 2. The summed E-state index contributed by atoms with van der Waals surface area (Å²) in [6.45, 7) is 1.62. The van der Waals surface area contributed by atoms with Gasteiger partial charge in [-0.2, -0.15) is 0 Å². The third-order valence-corrected chi connectivity index (χ3v) is 6.98. The van der Waals surface area contributed by atoms with Gasteiger partial charge in [0.1, 0.15) is 18.5 Å². The number of carbonyl (C=O) groups excluding carboxylic acids is 2. The topological polar surface area (TPSA) is 93.1 Å². The Morgan fingerprint density at radius 3 is 2.67 bits per heavy atom. The Morgan fingerprint density at radius 2 is 2.00 bits per heavy atom. The van der Waals surface area contributed by atoms with Crippen LogP contribution in [0.3, 0.4) is 0 Å². The fourth-order valence-electron chi connectivity index (χ4n) is 3.89. The highest BCUT2D eigenvalue weighted by atomic mass is 35.5. The van der Waals surface area contributed by atoms with Gasteiger partial charge in [0.15, 0.2) is 5.12 Å². The molecule has 1 aromatic rings. The minimum absolute atomic E-state index is 0.00864. The average molecular weight is 497 g/mol. The number of benzene rings is 1. The molecule has 0 amide bonds. The largest absolute Gasteiger partial charge is 0.491 e. The normalized spacial score (nSPS) is 23.8. The summed E-state index contributed by atoms with van der Waals surface area (Å²) in [5, 5.41) is 21.6. The standard InChI is InChI=1S/C25H33ClO6S/c1-17(27)33-24-15-23(29)21(22(24)7-5-3-4-6-8-25(30)31-2)14-11-19(28)16-32-20-12-9-18(26)10-13-20/h3,5,9-14,19,21-24,28-29H,4,6-8,15-16H2,1-2H3/b5-3-,14-11+/t19-,21-,22-,23-,24+/m1/s1. The molecule has 0 aliphatic heterocycles. The molecule has 8 heteroatoms. The predicted molar refractivity (Wildman–Crippen MR) is 131 cm³/mol. The van der Waals surface area contributed by atoms with Crippen LogP contribution in [-0.4, -0.2) is 52.5 Å². The summed E-state index contributed by atoms with van der Waals surface area (Å²) in [6, 6.07) is 6.90. The monoisotopic (exact) mass is 496 g/mol. The Labute approximate surface area is 205 Å². The van der Waals surface area contributed by atoms with Crippen LogP contribution in [-0.2, 0) is 14.3 Å². The van der Waals surface area contributed by atoms with Crippen molar-refractivity contribution < 1.29 is 29.3 Å². The second kappa shape index (κ2) is 14.5. The third kappa shape index (κ3) is 9.92. The number of rotatable bonds is 12. The lowest BCUT2D eigenvalue weighted by molar-refractivity contribution is -0.140. The first-order chi connectivity index (χ1) is 15.8. The molecule has 33 heavy (non-hydrogen) atoms. The number of thioether (sulfide) groups is 1. The number of aliphatic hydroxyl groups excluding tert-OH is 2. The maximum atomic E-state index is 11.7. The van der Waals surface area contributed by atoms with Crippen molar-refractivity contribution in [1.82, 2.24) is 0 Å². The number of allylic oxidation sites excluding steroid dienone is 2. The van der Waals surface area contributed by atoms with Gasteiger partial charge in [-0.1, -0.05) is 47.7 Å². The molecule has 1 saturated carbocycles. The van der Waals surface area contributed by atoms with E-state index < -0.39 is 12.2 Å². The zero-order chi connectivity index (χ0) is 24.2. The van der Waals surface area contributed by atoms with Gasteiger partial charge in [0.25, 0.3) is 0 Å². The Balaban J connectivity index is 1.93. The van der Waals surface area contributed by atoms with Crippen LogP contribution in [0.4, 0.5) is 0 Å². The molecule has 2 rings (SSSR count). The average Bonchev–Trinajstić information content (AvgIpc) is 3.07. The second-order valence-corrected chi connectivity index (χ2v) is 9.94. The molecule has 2 N–H and O–H groups in total. The van der Waals surface area contributed by atoms with E-state index in [1.165, 1.54) is 25.8 Å². The summed E-state index contributed by atoms with van der Waals surface area (Å²) in [5.41, 5.74) is 0. The molecule has 1 aliphatic carbocycles. The van der Waals surface area contributed by atoms with Crippen molar-refractivity contribution in [3.63, 3.8) is 0 Å². The number of halogens is 1. The van der Waals surface area contributed by atoms with Crippen LogP contribution in [0, 0.1) is 11.8 Å². The number of hydrogen-bond donors (Lipinski definition) is 2. The zero-order valence-electron chi connectivity index (χ0n) is 19.1. The molecule has 182 valence electrons. The van der Waals surface area contributed by atoms with E-state index in [1.807, 2.05) is 12.2 Å². The van der Waals surface area contributed by atoms with E-state index >= 15 is 0 Å². The third-order valence-electron chi connectivity index (χ3n) is 5.55. The number of esters is 1. The van der Waals surface area contributed by atoms with Gasteiger partial charge in [-0.25, -0.2) is 0 Å². The van der Waals surface area contributed by atoms with E-state index in [4.69, 9.17) is 16.3 Å². The van der Waals surface area contributed by atoms with E-state index in [0.29, 0.717) is 36.5 Å². The van der Waals surface area contributed by atoms with Crippen LogP contribution >= 0.6 is 23.4 Å². The van der Waals surface area contributed by atoms with Crippen LogP contribution in [0.2, 0.25) is 5.02 Å². The van der Waals surface area contributed by atoms with Gasteiger partial charge in [0.05, 0.1) is 13.2 Å². The quantitative estimate of drug-likeness (QED) is 0.249. The van der Waals surface area contributed by atoms with Crippen molar-refractivity contribution in [1.29, 1.82) is 0 Å². The fraction of sp³-hybridized carbons (Fsp3) is 0.520. The highest BCUT2D eigenvalue weighted by molar-refractivity contribution is 8.14. The van der Waals surface area contributed by atoms with Gasteiger partial charge >= 0.3 is 5.97 Å². The molecule has 0 saturated heterocycles. The highest BCUT2D eigenvalue weighted by Crippen LogP contribution is 2.43. The minimum Gasteiger partial charge on any atom is -0.491 e. The molecule has 1 aromatic carbocycles. The highest BCUT2D eigenvalue weighted by Gasteiger charge is 2.41. The van der Waals surface area contributed by atoms with Crippen molar-refractivity contribution in [3.8, 4) is 5.75 Å². The van der Waals surface area contributed by atoms with E-state index in [-0.39, 0.29) is 34.8 Å². The van der Waals surface area contributed by atoms with Crippen LogP contribution in [0.25, 0.3) is 0 Å². The summed E-state index contributed by atoms with van der Waals surface area (Å²) < 4.78 is 10.2. The summed E-state index contributed by atoms with van der Waals surface area (Å²) in [5.74, 6) is 0.281. The fourth-order valence-corrected chi connectivity index (χ4v) is 5.21. The molecule has 0 aromatic heterocycles. The van der Waals surface area contributed by atoms with Gasteiger partial charge in [-0.3, -0.25) is 9.59 Å². The first-order valence-corrected chi connectivity index (χ1v) is 12.4. The summed E-state index contributed by atoms with van der Waals surface area (Å²) in [4.78, 5) is 22.9. The summed E-state index contributed by atoms with van der Waals surface area (Å²) in [7, 11) is 1.38. The number of unbranched alkanes of at least 4 members (excludes halogenated alkanes) is 1. The van der Waals surface area contributed by atoms with Gasteiger partial charge in [0.2, 0.25) is 0 Å².